The van der Waals surface area contributed by atoms with E-state index in [1.165, 1.54) is 6.07 Å². The van der Waals surface area contributed by atoms with E-state index in [-0.39, 0.29) is 29.8 Å². The van der Waals surface area contributed by atoms with E-state index in [9.17, 15) is 14.7 Å². The van der Waals surface area contributed by atoms with Crippen molar-refractivity contribution < 1.29 is 24.0 Å². The zero-order valence-electron chi connectivity index (χ0n) is 24.6. The number of amides is 2. The second-order valence-corrected chi connectivity index (χ2v) is 13.1. The maximum absolute atomic E-state index is 13.7. The van der Waals surface area contributed by atoms with Gasteiger partial charge >= 0.3 is 12.0 Å². The summed E-state index contributed by atoms with van der Waals surface area (Å²) in [5.74, 6) is 0.385. The molecule has 2 aromatic heterocycles. The van der Waals surface area contributed by atoms with Crippen LogP contribution in [0.15, 0.2) is 65.4 Å². The van der Waals surface area contributed by atoms with Crippen LogP contribution in [0.25, 0.3) is 22.4 Å². The van der Waals surface area contributed by atoms with E-state index in [1.54, 1.807) is 48.8 Å². The summed E-state index contributed by atoms with van der Waals surface area (Å²) in [4.78, 5) is 31.7. The van der Waals surface area contributed by atoms with Crippen molar-refractivity contribution in [3.8, 4) is 22.4 Å². The zero-order valence-corrected chi connectivity index (χ0v) is 26.1. The number of urea groups is 1. The Hall–Kier alpha value is -3.92. The van der Waals surface area contributed by atoms with Crippen LogP contribution in [0.4, 0.5) is 10.5 Å². The fraction of sp³-hybridized carbons (Fsp3) is 0.353. The topological polar surface area (TPSA) is 118 Å². The molecule has 1 saturated carbocycles. The van der Waals surface area contributed by atoms with Crippen LogP contribution in [-0.2, 0) is 11.3 Å². The molecule has 232 valence electrons. The molecule has 4 heterocycles. The van der Waals surface area contributed by atoms with Crippen molar-refractivity contribution in [3.63, 3.8) is 0 Å². The molecule has 11 heteroatoms. The molecule has 0 spiro atoms. The third kappa shape index (κ3) is 5.92. The average molecular weight is 648 g/mol. The van der Waals surface area contributed by atoms with Crippen molar-refractivity contribution in [3.05, 3.63) is 87.9 Å². The summed E-state index contributed by atoms with van der Waals surface area (Å²) in [7, 11) is 0. The minimum atomic E-state index is -1.07. The third-order valence-electron chi connectivity index (χ3n) is 9.18. The summed E-state index contributed by atoms with van der Waals surface area (Å²) >= 11 is 13.1. The lowest BCUT2D eigenvalue weighted by molar-refractivity contribution is -0.0181. The minimum absolute atomic E-state index is 0.00735. The molecule has 2 saturated heterocycles. The number of pyridine rings is 1. The van der Waals surface area contributed by atoms with Gasteiger partial charge in [-0.15, -0.1) is 0 Å². The molecular weight excluding hydrogens is 615 g/mol. The minimum Gasteiger partial charge on any atom is -0.478 e. The Bertz CT molecular complexity index is 1740. The smallest absolute Gasteiger partial charge is 0.335 e. The summed E-state index contributed by atoms with van der Waals surface area (Å²) in [6.07, 6.45) is 7.61. The van der Waals surface area contributed by atoms with E-state index in [4.69, 9.17) is 32.5 Å². The average Bonchev–Trinajstić information content (AvgIpc) is 3.75. The van der Waals surface area contributed by atoms with Crippen LogP contribution in [0.2, 0.25) is 10.0 Å². The molecule has 4 aromatic rings. The van der Waals surface area contributed by atoms with Crippen molar-refractivity contribution in [1.82, 2.24) is 15.0 Å². The number of carbonyl (C=O) groups is 2. The Morgan fingerprint density at radius 1 is 1.07 bits per heavy atom. The molecule has 2 amide bonds. The van der Waals surface area contributed by atoms with Crippen molar-refractivity contribution >= 4 is 40.9 Å². The molecule has 2 bridgehead atoms. The first kappa shape index (κ1) is 29.8. The van der Waals surface area contributed by atoms with E-state index in [0.717, 1.165) is 36.1 Å². The second kappa shape index (κ2) is 12.1. The molecule has 2 aromatic carbocycles. The van der Waals surface area contributed by atoms with E-state index in [2.05, 4.69) is 22.4 Å². The number of fused-ring (bicyclic) bond motifs is 2. The van der Waals surface area contributed by atoms with E-state index in [1.807, 2.05) is 11.0 Å². The number of carboxylic acids is 1. The number of hydrogen-bond donors (Lipinski definition) is 2. The first-order chi connectivity index (χ1) is 21.8. The van der Waals surface area contributed by atoms with Gasteiger partial charge in [0.2, 0.25) is 0 Å². The molecule has 4 atom stereocenters. The largest absolute Gasteiger partial charge is 0.478 e. The monoisotopic (exact) mass is 646 g/mol. The number of aromatic carboxylic acids is 1. The number of carboxylic acid groups (broad SMARTS) is 1. The standard InChI is InChI=1S/C34H32Cl2N4O5/c1-18-10-24-14-25(44-17-26-31(39-45-32(26)19-7-8-19)30-27(35)5-2-6-28(30)36)15-29(18)40(24)34(43)38-23-12-21(11-22(13-23)33(41)42)20-4-3-9-37-16-20/h2-6,9,11-13,16,18-19,24-25,29H,7-8,10,14-15,17H2,1H3,(H,38,43)(H,41,42)/t18-,24?,25+,29?/m1/s1. The van der Waals surface area contributed by atoms with Gasteiger partial charge in [0.15, 0.2) is 0 Å². The van der Waals surface area contributed by atoms with Gasteiger partial charge in [0.25, 0.3) is 0 Å². The van der Waals surface area contributed by atoms with Gasteiger partial charge in [-0.2, -0.15) is 0 Å². The lowest BCUT2D eigenvalue weighted by Gasteiger charge is -2.39. The molecule has 1 aliphatic carbocycles. The quantitative estimate of drug-likeness (QED) is 0.198. The van der Waals surface area contributed by atoms with Crippen LogP contribution in [0, 0.1) is 5.92 Å². The molecule has 2 unspecified atom stereocenters. The normalized spacial score (nSPS) is 22.4. The molecule has 7 rings (SSSR count). The van der Waals surface area contributed by atoms with Gasteiger partial charge in [0.1, 0.15) is 11.5 Å². The molecule has 3 aliphatic rings. The number of halogens is 2. The van der Waals surface area contributed by atoms with E-state index >= 15 is 0 Å². The predicted molar refractivity (Wildman–Crippen MR) is 171 cm³/mol. The van der Waals surface area contributed by atoms with Crippen molar-refractivity contribution in [2.24, 2.45) is 5.92 Å². The SMILES string of the molecule is C[C@@H]1CC2C[C@H](OCc3c(-c4c(Cl)cccc4Cl)noc3C3CC3)CC1N2C(=O)Nc1cc(C(=O)O)cc(-c2cccnc2)c1. The molecular formula is C34H32Cl2N4O5. The Balaban J connectivity index is 1.07. The van der Waals surface area contributed by atoms with E-state index < -0.39 is 5.97 Å². The third-order valence-corrected chi connectivity index (χ3v) is 9.81. The summed E-state index contributed by atoms with van der Waals surface area (Å²) in [5, 5.41) is 18.1. The number of rotatable bonds is 8. The molecule has 45 heavy (non-hydrogen) atoms. The Morgan fingerprint density at radius 2 is 1.87 bits per heavy atom. The van der Waals surface area contributed by atoms with Crippen LogP contribution < -0.4 is 5.32 Å². The maximum atomic E-state index is 13.7. The second-order valence-electron chi connectivity index (χ2n) is 12.3. The molecule has 2 N–H and O–H groups in total. The summed E-state index contributed by atoms with van der Waals surface area (Å²) in [6.45, 7) is 2.48. The number of aromatic nitrogens is 2. The van der Waals surface area contributed by atoms with Crippen molar-refractivity contribution in [1.29, 1.82) is 0 Å². The highest BCUT2D eigenvalue weighted by Crippen LogP contribution is 2.47. The summed E-state index contributed by atoms with van der Waals surface area (Å²) in [5.41, 5.74) is 4.10. The lowest BCUT2D eigenvalue weighted by atomic mass is 9.97. The van der Waals surface area contributed by atoms with Gasteiger partial charge in [-0.1, -0.05) is 47.4 Å². The fourth-order valence-corrected chi connectivity index (χ4v) is 7.46. The van der Waals surface area contributed by atoms with Crippen LogP contribution in [0.3, 0.4) is 0 Å². The highest BCUT2D eigenvalue weighted by Gasteiger charge is 2.48. The summed E-state index contributed by atoms with van der Waals surface area (Å²) < 4.78 is 12.4. The van der Waals surface area contributed by atoms with Crippen LogP contribution in [0.5, 0.6) is 0 Å². The van der Waals surface area contributed by atoms with Crippen molar-refractivity contribution in [2.45, 2.75) is 69.7 Å². The Morgan fingerprint density at radius 3 is 2.56 bits per heavy atom. The predicted octanol–water partition coefficient (Wildman–Crippen LogP) is 8.28. The number of hydrogen-bond acceptors (Lipinski definition) is 6. The number of piperidine rings is 1. The van der Waals surface area contributed by atoms with Gasteiger partial charge in [-0.05, 0) is 80.0 Å². The number of carbonyl (C=O) groups excluding carboxylic acids is 1. The van der Waals surface area contributed by atoms with Crippen LogP contribution in [-0.4, -0.2) is 50.3 Å². The van der Waals surface area contributed by atoms with Gasteiger partial charge < -0.3 is 24.6 Å². The first-order valence-corrected chi connectivity index (χ1v) is 15.9. The zero-order chi connectivity index (χ0) is 31.2. The van der Waals surface area contributed by atoms with Gasteiger partial charge in [0.05, 0.1) is 28.3 Å². The highest BCUT2D eigenvalue weighted by atomic mass is 35.5. The highest BCUT2D eigenvalue weighted by molar-refractivity contribution is 6.39. The van der Waals surface area contributed by atoms with Gasteiger partial charge in [0, 0.05) is 52.8 Å². The first-order valence-electron chi connectivity index (χ1n) is 15.2. The van der Waals surface area contributed by atoms with Crippen LogP contribution >= 0.6 is 23.2 Å². The van der Waals surface area contributed by atoms with Crippen LogP contribution in [0.1, 0.15) is 66.6 Å². The molecule has 0 radical (unpaired) electrons. The van der Waals surface area contributed by atoms with Gasteiger partial charge in [-0.3, -0.25) is 4.98 Å². The number of anilines is 1. The molecule has 9 nitrogen and oxygen atoms in total. The summed E-state index contributed by atoms with van der Waals surface area (Å²) in [6, 6.07) is 13.6. The Labute approximate surface area is 270 Å². The molecule has 2 aliphatic heterocycles. The number of benzene rings is 2. The number of nitrogens with one attached hydrogen (secondary N) is 1. The number of ether oxygens (including phenoxy) is 1. The maximum Gasteiger partial charge on any atom is 0.335 e. The lowest BCUT2D eigenvalue weighted by Crippen LogP contribution is -2.51. The van der Waals surface area contributed by atoms with Gasteiger partial charge in [-0.25, -0.2) is 9.59 Å². The Kier molecular flexibility index (Phi) is 8.02. The number of nitrogens with zero attached hydrogens (tertiary/aromatic N) is 3. The fourth-order valence-electron chi connectivity index (χ4n) is 6.88. The molecule has 3 fully saturated rings. The van der Waals surface area contributed by atoms with E-state index in [0.29, 0.717) is 63.8 Å². The van der Waals surface area contributed by atoms with Crippen molar-refractivity contribution in [2.75, 3.05) is 5.32 Å².